The van der Waals surface area contributed by atoms with E-state index < -0.39 is 0 Å². The van der Waals surface area contributed by atoms with Gasteiger partial charge in [0.1, 0.15) is 6.61 Å². The molecule has 5 nitrogen and oxygen atoms in total. The summed E-state index contributed by atoms with van der Waals surface area (Å²) in [5, 5.41) is 15.1. The molecule has 1 unspecified atom stereocenters. The van der Waals surface area contributed by atoms with E-state index in [0.29, 0.717) is 18.4 Å². The van der Waals surface area contributed by atoms with Gasteiger partial charge < -0.3 is 14.7 Å². The van der Waals surface area contributed by atoms with Gasteiger partial charge in [0.15, 0.2) is 0 Å². The molecule has 152 valence electrons. The number of benzene rings is 1. The Balaban J connectivity index is 0.000000878. The summed E-state index contributed by atoms with van der Waals surface area (Å²) >= 11 is 0. The molecule has 2 aliphatic rings. The zero-order valence-corrected chi connectivity index (χ0v) is 17.0. The van der Waals surface area contributed by atoms with Crippen molar-refractivity contribution in [3.63, 3.8) is 0 Å². The lowest BCUT2D eigenvalue weighted by molar-refractivity contribution is 0.288. The van der Waals surface area contributed by atoms with Crippen LogP contribution >= 0.6 is 0 Å². The van der Waals surface area contributed by atoms with Crippen LogP contribution in [0.3, 0.4) is 0 Å². The summed E-state index contributed by atoms with van der Waals surface area (Å²) in [6.07, 6.45) is 10.2. The molecule has 3 rings (SSSR count). The van der Waals surface area contributed by atoms with Gasteiger partial charge in [-0.05, 0) is 62.1 Å². The maximum Gasteiger partial charge on any atom is 0.236 e. The van der Waals surface area contributed by atoms with Crippen LogP contribution in [-0.2, 0) is 11.3 Å². The van der Waals surface area contributed by atoms with Gasteiger partial charge in [0, 0.05) is 31.1 Å². The number of rotatable bonds is 5. The molecule has 0 saturated carbocycles. The Morgan fingerprint density at radius 1 is 1.25 bits per heavy atom. The van der Waals surface area contributed by atoms with Gasteiger partial charge in [-0.2, -0.15) is 5.10 Å². The van der Waals surface area contributed by atoms with Crippen molar-refractivity contribution < 1.29 is 9.84 Å². The van der Waals surface area contributed by atoms with E-state index in [4.69, 9.17) is 9.84 Å². The standard InChI is InChI=1S/C21H29N3O.C2H4O/c1-17-7-6-8-19(15-17)21(23-22-2)25-16-18-9-11-20(12-10-18)24-13-4-3-5-14-24;1-2-3/h8-12,17H,2-7,13-16H2,1H3;2-3H,1H2/b23-21-;. The van der Waals surface area contributed by atoms with Crippen LogP contribution in [0, 0.1) is 5.92 Å². The first kappa shape index (κ1) is 21.7. The molecule has 1 saturated heterocycles. The second-order valence-electron chi connectivity index (χ2n) is 7.35. The Morgan fingerprint density at radius 2 is 1.93 bits per heavy atom. The average Bonchev–Trinajstić information content (AvgIpc) is 2.73. The van der Waals surface area contributed by atoms with Crippen LogP contribution in [0.15, 0.2) is 59.0 Å². The van der Waals surface area contributed by atoms with E-state index in [9.17, 15) is 0 Å². The lowest BCUT2D eigenvalue weighted by atomic mass is 9.90. The number of anilines is 1. The number of nitrogens with zero attached hydrogens (tertiary/aromatic N) is 3. The second-order valence-corrected chi connectivity index (χ2v) is 7.35. The molecule has 1 atom stereocenters. The molecule has 0 spiro atoms. The van der Waals surface area contributed by atoms with E-state index in [1.165, 1.54) is 44.5 Å². The fourth-order valence-electron chi connectivity index (χ4n) is 3.63. The molecule has 0 radical (unpaired) electrons. The van der Waals surface area contributed by atoms with Crippen LogP contribution in [-0.4, -0.2) is 30.8 Å². The first-order chi connectivity index (χ1) is 13.7. The molecule has 1 aliphatic heterocycles. The van der Waals surface area contributed by atoms with Crippen molar-refractivity contribution >= 4 is 18.3 Å². The van der Waals surface area contributed by atoms with Crippen molar-refractivity contribution in [2.24, 2.45) is 16.1 Å². The minimum absolute atomic E-state index is 0.514. The predicted molar refractivity (Wildman–Crippen MR) is 118 cm³/mol. The maximum absolute atomic E-state index is 7.33. The van der Waals surface area contributed by atoms with Crippen LogP contribution in [0.4, 0.5) is 5.69 Å². The molecule has 0 aromatic heterocycles. The number of piperidine rings is 1. The fraction of sp³-hybridized carbons (Fsp3) is 0.478. The zero-order chi connectivity index (χ0) is 20.2. The minimum Gasteiger partial charge on any atom is -0.516 e. The summed E-state index contributed by atoms with van der Waals surface area (Å²) in [5.41, 5.74) is 3.63. The van der Waals surface area contributed by atoms with E-state index >= 15 is 0 Å². The average molecular weight is 384 g/mol. The Kier molecular flexibility index (Phi) is 9.32. The van der Waals surface area contributed by atoms with Gasteiger partial charge >= 0.3 is 0 Å². The van der Waals surface area contributed by atoms with Gasteiger partial charge in [0.25, 0.3) is 0 Å². The summed E-state index contributed by atoms with van der Waals surface area (Å²) in [6, 6.07) is 8.71. The molecule has 0 amide bonds. The monoisotopic (exact) mass is 383 g/mol. The highest BCUT2D eigenvalue weighted by Gasteiger charge is 2.17. The third-order valence-electron chi connectivity index (χ3n) is 5.09. The largest absolute Gasteiger partial charge is 0.516 e. The van der Waals surface area contributed by atoms with Gasteiger partial charge in [-0.1, -0.05) is 31.7 Å². The van der Waals surface area contributed by atoms with Crippen molar-refractivity contribution in [1.82, 2.24) is 0 Å². The summed E-state index contributed by atoms with van der Waals surface area (Å²) < 4.78 is 5.98. The maximum atomic E-state index is 7.33. The molecule has 1 heterocycles. The van der Waals surface area contributed by atoms with E-state index in [1.54, 1.807) is 0 Å². The van der Waals surface area contributed by atoms with E-state index in [0.717, 1.165) is 30.2 Å². The van der Waals surface area contributed by atoms with Crippen molar-refractivity contribution in [3.05, 3.63) is 54.3 Å². The topological polar surface area (TPSA) is 57.4 Å². The molecule has 28 heavy (non-hydrogen) atoms. The van der Waals surface area contributed by atoms with Crippen LogP contribution in [0.5, 0.6) is 0 Å². The summed E-state index contributed by atoms with van der Waals surface area (Å²) in [5.74, 6) is 1.30. The van der Waals surface area contributed by atoms with Crippen LogP contribution in [0.2, 0.25) is 0 Å². The highest BCUT2D eigenvalue weighted by atomic mass is 16.5. The van der Waals surface area contributed by atoms with Crippen molar-refractivity contribution in [2.75, 3.05) is 18.0 Å². The van der Waals surface area contributed by atoms with Crippen molar-refractivity contribution in [1.29, 1.82) is 0 Å². The van der Waals surface area contributed by atoms with Gasteiger partial charge in [-0.25, -0.2) is 0 Å². The Morgan fingerprint density at radius 3 is 2.54 bits per heavy atom. The molecule has 1 aromatic rings. The molecule has 1 aliphatic carbocycles. The Bertz CT molecular complexity index is 674. The van der Waals surface area contributed by atoms with E-state index in [-0.39, 0.29) is 0 Å². The number of aliphatic hydroxyl groups excluding tert-OH is 1. The third-order valence-corrected chi connectivity index (χ3v) is 5.09. The molecular weight excluding hydrogens is 350 g/mol. The summed E-state index contributed by atoms with van der Waals surface area (Å²) in [6.45, 7) is 11.5. The van der Waals surface area contributed by atoms with Gasteiger partial charge in [0.2, 0.25) is 5.90 Å². The number of allylic oxidation sites excluding steroid dienone is 1. The number of hydrogen-bond acceptors (Lipinski definition) is 5. The summed E-state index contributed by atoms with van der Waals surface area (Å²) in [7, 11) is 0. The highest BCUT2D eigenvalue weighted by Crippen LogP contribution is 2.25. The minimum atomic E-state index is 0.514. The van der Waals surface area contributed by atoms with Crippen molar-refractivity contribution in [3.8, 4) is 0 Å². The van der Waals surface area contributed by atoms with Crippen LogP contribution < -0.4 is 4.90 Å². The summed E-state index contributed by atoms with van der Waals surface area (Å²) in [4.78, 5) is 2.47. The highest BCUT2D eigenvalue weighted by molar-refractivity contribution is 5.93. The SMILES string of the molecule is C=CO.C=N/N=C(\OCc1ccc(N2CCCCC2)cc1)C1=CCCC(C)C1. The molecule has 1 aromatic carbocycles. The predicted octanol–water partition coefficient (Wildman–Crippen LogP) is 5.64. The first-order valence-corrected chi connectivity index (χ1v) is 10.1. The molecule has 5 heteroatoms. The molecule has 0 bridgehead atoms. The van der Waals surface area contributed by atoms with Gasteiger partial charge in [0.05, 0.1) is 6.26 Å². The Labute approximate surface area is 169 Å². The Hall–Kier alpha value is -2.56. The van der Waals surface area contributed by atoms with E-state index in [1.807, 2.05) is 0 Å². The normalized spacial score (nSPS) is 19.8. The second kappa shape index (κ2) is 12.0. The quantitative estimate of drug-likeness (QED) is 0.310. The fourth-order valence-corrected chi connectivity index (χ4v) is 3.63. The first-order valence-electron chi connectivity index (χ1n) is 10.1. The molecule has 1 N–H and O–H groups in total. The number of hydrogen-bond donors (Lipinski definition) is 1. The van der Waals surface area contributed by atoms with Crippen LogP contribution in [0.25, 0.3) is 0 Å². The van der Waals surface area contributed by atoms with Gasteiger partial charge in [-0.15, -0.1) is 5.10 Å². The molecular formula is C23H33N3O2. The van der Waals surface area contributed by atoms with Crippen molar-refractivity contribution in [2.45, 2.75) is 52.1 Å². The van der Waals surface area contributed by atoms with E-state index in [2.05, 4.69) is 65.7 Å². The number of ether oxygens (including phenoxy) is 1. The zero-order valence-electron chi connectivity index (χ0n) is 17.0. The third kappa shape index (κ3) is 6.87. The molecule has 1 fully saturated rings. The number of aliphatic hydroxyl groups is 1. The lowest BCUT2D eigenvalue weighted by Gasteiger charge is -2.28. The van der Waals surface area contributed by atoms with Crippen LogP contribution in [0.1, 0.15) is 51.0 Å². The lowest BCUT2D eigenvalue weighted by Crippen LogP contribution is -2.29. The smallest absolute Gasteiger partial charge is 0.236 e. The van der Waals surface area contributed by atoms with Gasteiger partial charge in [-0.3, -0.25) is 0 Å².